The van der Waals surface area contributed by atoms with E-state index in [9.17, 15) is 9.18 Å². The van der Waals surface area contributed by atoms with Crippen molar-refractivity contribution in [1.29, 1.82) is 0 Å². The maximum Gasteiger partial charge on any atom is 0.237 e. The van der Waals surface area contributed by atoms with Crippen LogP contribution in [0.5, 0.6) is 0 Å². The molecule has 0 unspecified atom stereocenters. The number of hydrogen-bond acceptors (Lipinski definition) is 3. The van der Waals surface area contributed by atoms with Gasteiger partial charge < -0.3 is 10.6 Å². The molecule has 1 fully saturated rings. The van der Waals surface area contributed by atoms with Gasteiger partial charge in [0.25, 0.3) is 0 Å². The molecule has 1 aliphatic rings. The summed E-state index contributed by atoms with van der Waals surface area (Å²) in [5, 5.41) is 5.71. The molecule has 2 atom stereocenters. The summed E-state index contributed by atoms with van der Waals surface area (Å²) in [5.41, 5.74) is 0. The Morgan fingerprint density at radius 1 is 1.67 bits per heavy atom. The van der Waals surface area contributed by atoms with Crippen LogP contribution < -0.4 is 10.6 Å². The topological polar surface area (TPSA) is 41.1 Å². The van der Waals surface area contributed by atoms with Gasteiger partial charge in [-0.3, -0.25) is 4.79 Å². The number of hydrogen-bond donors (Lipinski definition) is 2. The standard InChI is InChI=1S/C10H19FN2OS/c1-10(2,15-3)6-13-9(14)8-4-7(11)5-12-8/h7-8,12H,4-6H2,1-3H3,(H,13,14)/t7-,8+/m0/s1. The van der Waals surface area contributed by atoms with Crippen LogP contribution in [0.25, 0.3) is 0 Å². The van der Waals surface area contributed by atoms with Crippen LogP contribution in [0.1, 0.15) is 20.3 Å². The molecule has 5 heteroatoms. The minimum atomic E-state index is -0.880. The number of carbonyl (C=O) groups is 1. The van der Waals surface area contributed by atoms with Gasteiger partial charge in [-0.2, -0.15) is 11.8 Å². The number of nitrogens with one attached hydrogen (secondary N) is 2. The average molecular weight is 234 g/mol. The predicted molar refractivity (Wildman–Crippen MR) is 61.9 cm³/mol. The van der Waals surface area contributed by atoms with E-state index in [0.29, 0.717) is 19.5 Å². The first-order valence-electron chi connectivity index (χ1n) is 5.15. The van der Waals surface area contributed by atoms with Gasteiger partial charge in [0.05, 0.1) is 6.04 Å². The summed E-state index contributed by atoms with van der Waals surface area (Å²) in [6, 6.07) is -0.349. The van der Waals surface area contributed by atoms with Crippen molar-refractivity contribution in [2.45, 2.75) is 37.2 Å². The Bertz CT molecular complexity index is 235. The highest BCUT2D eigenvalue weighted by molar-refractivity contribution is 7.99. The zero-order chi connectivity index (χ0) is 11.5. The molecule has 15 heavy (non-hydrogen) atoms. The summed E-state index contributed by atoms with van der Waals surface area (Å²) < 4.78 is 12.9. The summed E-state index contributed by atoms with van der Waals surface area (Å²) in [6.45, 7) is 5.04. The van der Waals surface area contributed by atoms with Crippen LogP contribution >= 0.6 is 11.8 Å². The van der Waals surface area contributed by atoms with E-state index >= 15 is 0 Å². The molecule has 0 aromatic heterocycles. The maximum atomic E-state index is 12.8. The molecule has 1 amide bonds. The van der Waals surface area contributed by atoms with Crippen LogP contribution in [-0.2, 0) is 4.79 Å². The molecule has 0 radical (unpaired) electrons. The summed E-state index contributed by atoms with van der Waals surface area (Å²) in [6.07, 6.45) is 1.43. The van der Waals surface area contributed by atoms with Crippen LogP contribution in [0.15, 0.2) is 0 Å². The number of thioether (sulfide) groups is 1. The second-order valence-electron chi connectivity index (χ2n) is 4.48. The fourth-order valence-corrected chi connectivity index (χ4v) is 1.60. The SMILES string of the molecule is CSC(C)(C)CNC(=O)[C@H]1C[C@H](F)CN1. The van der Waals surface area contributed by atoms with Gasteiger partial charge >= 0.3 is 0 Å². The molecule has 0 aromatic rings. The van der Waals surface area contributed by atoms with Crippen LogP contribution in [0.3, 0.4) is 0 Å². The lowest BCUT2D eigenvalue weighted by molar-refractivity contribution is -0.122. The van der Waals surface area contributed by atoms with E-state index in [2.05, 4.69) is 24.5 Å². The lowest BCUT2D eigenvalue weighted by Gasteiger charge is -2.23. The number of rotatable bonds is 4. The van der Waals surface area contributed by atoms with Crippen LogP contribution in [0, 0.1) is 0 Å². The van der Waals surface area contributed by atoms with Gasteiger partial charge in [0.15, 0.2) is 0 Å². The van der Waals surface area contributed by atoms with Crippen LogP contribution in [0.2, 0.25) is 0 Å². The van der Waals surface area contributed by atoms with E-state index in [1.165, 1.54) is 0 Å². The first-order chi connectivity index (χ1) is 6.94. The zero-order valence-corrected chi connectivity index (χ0v) is 10.3. The molecule has 3 nitrogen and oxygen atoms in total. The molecule has 1 saturated heterocycles. The summed E-state index contributed by atoms with van der Waals surface area (Å²) in [4.78, 5) is 11.6. The Kier molecular flexibility index (Phi) is 4.40. The van der Waals surface area contributed by atoms with Crippen molar-refractivity contribution in [3.8, 4) is 0 Å². The number of amides is 1. The summed E-state index contributed by atoms with van der Waals surface area (Å²) in [5.74, 6) is -0.0859. The summed E-state index contributed by atoms with van der Waals surface area (Å²) in [7, 11) is 0. The number of carbonyl (C=O) groups excluding carboxylic acids is 1. The highest BCUT2D eigenvalue weighted by Gasteiger charge is 2.29. The molecule has 0 bridgehead atoms. The van der Waals surface area contributed by atoms with Gasteiger partial charge in [0.1, 0.15) is 6.17 Å². The zero-order valence-electron chi connectivity index (χ0n) is 9.47. The molecule has 1 aliphatic heterocycles. The third-order valence-corrected chi connectivity index (χ3v) is 3.88. The lowest BCUT2D eigenvalue weighted by Crippen LogP contribution is -2.44. The van der Waals surface area contributed by atoms with E-state index in [4.69, 9.17) is 0 Å². The third-order valence-electron chi connectivity index (χ3n) is 2.63. The van der Waals surface area contributed by atoms with Gasteiger partial charge in [-0.15, -0.1) is 0 Å². The molecule has 1 heterocycles. The van der Waals surface area contributed by atoms with Crippen molar-refractivity contribution in [2.75, 3.05) is 19.3 Å². The maximum absolute atomic E-state index is 12.8. The van der Waals surface area contributed by atoms with Crippen molar-refractivity contribution < 1.29 is 9.18 Å². The van der Waals surface area contributed by atoms with Crippen molar-refractivity contribution in [2.24, 2.45) is 0 Å². The third kappa shape index (κ3) is 3.99. The first-order valence-corrected chi connectivity index (χ1v) is 6.37. The molecular weight excluding hydrogens is 215 g/mol. The fourth-order valence-electron chi connectivity index (χ4n) is 1.39. The molecule has 0 aliphatic carbocycles. The number of alkyl halides is 1. The van der Waals surface area contributed by atoms with Crippen molar-refractivity contribution in [1.82, 2.24) is 10.6 Å². The van der Waals surface area contributed by atoms with Crippen molar-refractivity contribution in [3.63, 3.8) is 0 Å². The van der Waals surface area contributed by atoms with Crippen LogP contribution in [0.4, 0.5) is 4.39 Å². The smallest absolute Gasteiger partial charge is 0.237 e. The number of halogens is 1. The average Bonchev–Trinajstić information content (AvgIpc) is 2.61. The van der Waals surface area contributed by atoms with Gasteiger partial charge in [-0.25, -0.2) is 4.39 Å². The molecule has 1 rings (SSSR count). The van der Waals surface area contributed by atoms with E-state index in [1.807, 2.05) is 6.26 Å². The van der Waals surface area contributed by atoms with E-state index in [0.717, 1.165) is 0 Å². The van der Waals surface area contributed by atoms with E-state index < -0.39 is 6.17 Å². The van der Waals surface area contributed by atoms with Crippen LogP contribution in [-0.4, -0.2) is 42.2 Å². The molecule has 2 N–H and O–H groups in total. The molecule has 88 valence electrons. The van der Waals surface area contributed by atoms with E-state index in [1.54, 1.807) is 11.8 Å². The van der Waals surface area contributed by atoms with Gasteiger partial charge in [0, 0.05) is 24.3 Å². The normalized spacial score (nSPS) is 26.7. The summed E-state index contributed by atoms with van der Waals surface area (Å²) >= 11 is 1.70. The van der Waals surface area contributed by atoms with Gasteiger partial charge in [-0.1, -0.05) is 0 Å². The Balaban J connectivity index is 2.30. The van der Waals surface area contributed by atoms with Gasteiger partial charge in [0.2, 0.25) is 5.91 Å². The molecular formula is C10H19FN2OS. The van der Waals surface area contributed by atoms with Crippen molar-refractivity contribution >= 4 is 17.7 Å². The Morgan fingerprint density at radius 3 is 2.80 bits per heavy atom. The Morgan fingerprint density at radius 2 is 2.33 bits per heavy atom. The Labute approximate surface area is 94.6 Å². The minimum Gasteiger partial charge on any atom is -0.353 e. The Hall–Kier alpha value is -0.290. The van der Waals surface area contributed by atoms with Gasteiger partial charge in [-0.05, 0) is 20.1 Å². The van der Waals surface area contributed by atoms with Crippen molar-refractivity contribution in [3.05, 3.63) is 0 Å². The van der Waals surface area contributed by atoms with E-state index in [-0.39, 0.29) is 16.7 Å². The second-order valence-corrected chi connectivity index (χ2v) is 5.99. The predicted octanol–water partition coefficient (Wildman–Crippen LogP) is 0.944. The molecule has 0 aromatic carbocycles. The second kappa shape index (κ2) is 5.16. The first kappa shape index (κ1) is 12.8. The molecule has 0 saturated carbocycles. The highest BCUT2D eigenvalue weighted by Crippen LogP contribution is 2.19. The molecule has 0 spiro atoms. The quantitative estimate of drug-likeness (QED) is 0.761. The fraction of sp³-hybridized carbons (Fsp3) is 0.900. The highest BCUT2D eigenvalue weighted by atomic mass is 32.2. The minimum absolute atomic E-state index is 0.0311. The lowest BCUT2D eigenvalue weighted by atomic mass is 10.1. The largest absolute Gasteiger partial charge is 0.353 e. The monoisotopic (exact) mass is 234 g/mol.